The summed E-state index contributed by atoms with van der Waals surface area (Å²) < 4.78 is 0. The Labute approximate surface area is 145 Å². The molecule has 23 heavy (non-hydrogen) atoms. The molecule has 1 aliphatic heterocycles. The Morgan fingerprint density at radius 3 is 2.74 bits per heavy atom. The van der Waals surface area contributed by atoms with Crippen molar-refractivity contribution < 1.29 is 14.7 Å². The highest BCUT2D eigenvalue weighted by Gasteiger charge is 2.30. The highest BCUT2D eigenvalue weighted by molar-refractivity contribution is 6.42. The Morgan fingerprint density at radius 1 is 1.35 bits per heavy atom. The fraction of sp³-hybridized carbons (Fsp3) is 0.500. The molecule has 7 heteroatoms. The number of hydrogen-bond donors (Lipinski definition) is 1. The van der Waals surface area contributed by atoms with E-state index in [1.807, 2.05) is 18.0 Å². The lowest BCUT2D eigenvalue weighted by Gasteiger charge is -2.29. The van der Waals surface area contributed by atoms with Crippen LogP contribution in [-0.4, -0.2) is 53.0 Å². The van der Waals surface area contributed by atoms with E-state index in [0.29, 0.717) is 23.1 Å². The van der Waals surface area contributed by atoms with Gasteiger partial charge in [0.2, 0.25) is 5.91 Å². The highest BCUT2D eigenvalue weighted by Crippen LogP contribution is 2.24. The Balaban J connectivity index is 2.09. The Morgan fingerprint density at radius 2 is 2.09 bits per heavy atom. The SMILES string of the molecule is CN(Cc1ccc(Cl)c(Cl)c1)C1CCCCN(CC(=O)O)C1=O. The smallest absolute Gasteiger partial charge is 0.323 e. The van der Waals surface area contributed by atoms with Crippen molar-refractivity contribution in [2.45, 2.75) is 31.8 Å². The van der Waals surface area contributed by atoms with E-state index in [0.717, 1.165) is 24.8 Å². The van der Waals surface area contributed by atoms with E-state index < -0.39 is 5.97 Å². The molecular formula is C16H20Cl2N2O3. The molecule has 0 spiro atoms. The van der Waals surface area contributed by atoms with E-state index in [1.165, 1.54) is 4.90 Å². The maximum Gasteiger partial charge on any atom is 0.323 e. The molecule has 126 valence electrons. The van der Waals surface area contributed by atoms with E-state index >= 15 is 0 Å². The van der Waals surface area contributed by atoms with Crippen LogP contribution in [0.2, 0.25) is 10.0 Å². The number of likely N-dealkylation sites (N-methyl/N-ethyl adjacent to an activating group) is 1. The molecule has 0 aromatic heterocycles. The second kappa shape index (κ2) is 7.99. The van der Waals surface area contributed by atoms with Gasteiger partial charge < -0.3 is 10.0 Å². The predicted molar refractivity (Wildman–Crippen MR) is 89.8 cm³/mol. The summed E-state index contributed by atoms with van der Waals surface area (Å²) in [5, 5.41) is 9.94. The van der Waals surface area contributed by atoms with Crippen molar-refractivity contribution in [3.8, 4) is 0 Å². The molecule has 0 aliphatic carbocycles. The zero-order chi connectivity index (χ0) is 17.0. The summed E-state index contributed by atoms with van der Waals surface area (Å²) in [5.41, 5.74) is 0.962. The van der Waals surface area contributed by atoms with Gasteiger partial charge in [-0.05, 0) is 44.0 Å². The summed E-state index contributed by atoms with van der Waals surface area (Å²) >= 11 is 11.9. The molecule has 1 heterocycles. The van der Waals surface area contributed by atoms with E-state index in [9.17, 15) is 9.59 Å². The first-order valence-electron chi connectivity index (χ1n) is 7.53. The van der Waals surface area contributed by atoms with Crippen LogP contribution in [0.15, 0.2) is 18.2 Å². The van der Waals surface area contributed by atoms with Crippen molar-refractivity contribution in [2.75, 3.05) is 20.1 Å². The van der Waals surface area contributed by atoms with Gasteiger partial charge in [-0.3, -0.25) is 14.5 Å². The quantitative estimate of drug-likeness (QED) is 0.878. The van der Waals surface area contributed by atoms with Gasteiger partial charge in [0.05, 0.1) is 16.1 Å². The van der Waals surface area contributed by atoms with Crippen LogP contribution < -0.4 is 0 Å². The van der Waals surface area contributed by atoms with E-state index in [2.05, 4.69) is 0 Å². The standard InChI is InChI=1S/C16H20Cl2N2O3/c1-19(9-11-5-6-12(17)13(18)8-11)14-4-2-3-7-20(16(14)23)10-15(21)22/h5-6,8,14H,2-4,7,9-10H2,1H3,(H,21,22). The van der Waals surface area contributed by atoms with Gasteiger partial charge in [-0.15, -0.1) is 0 Å². The zero-order valence-corrected chi connectivity index (χ0v) is 14.5. The number of carbonyl (C=O) groups excluding carboxylic acids is 1. The molecule has 1 atom stereocenters. The molecule has 0 radical (unpaired) electrons. The summed E-state index contributed by atoms with van der Waals surface area (Å²) in [6.07, 6.45) is 2.46. The number of halogens is 2. The molecule has 0 bridgehead atoms. The lowest BCUT2D eigenvalue weighted by atomic mass is 10.1. The van der Waals surface area contributed by atoms with Crippen LogP contribution in [0.25, 0.3) is 0 Å². The molecule has 2 rings (SSSR count). The number of carboxylic acids is 1. The molecule has 1 saturated heterocycles. The number of benzene rings is 1. The number of carbonyl (C=O) groups is 2. The normalized spacial score (nSPS) is 19.0. The van der Waals surface area contributed by atoms with Crippen LogP contribution in [0.5, 0.6) is 0 Å². The van der Waals surface area contributed by atoms with Crippen molar-refractivity contribution in [2.24, 2.45) is 0 Å². The Kier molecular flexibility index (Phi) is 6.27. The first-order chi connectivity index (χ1) is 10.9. The van der Waals surface area contributed by atoms with Crippen LogP contribution >= 0.6 is 23.2 Å². The molecule has 5 nitrogen and oxygen atoms in total. The largest absolute Gasteiger partial charge is 0.480 e. The molecule has 1 amide bonds. The van der Waals surface area contributed by atoms with Crippen LogP contribution in [0, 0.1) is 0 Å². The topological polar surface area (TPSA) is 60.9 Å². The third kappa shape index (κ3) is 4.83. The third-order valence-electron chi connectivity index (χ3n) is 4.03. The lowest BCUT2D eigenvalue weighted by molar-refractivity contribution is -0.146. The molecule has 1 aliphatic rings. The van der Waals surface area contributed by atoms with Crippen molar-refractivity contribution in [1.82, 2.24) is 9.80 Å². The third-order valence-corrected chi connectivity index (χ3v) is 4.77. The lowest BCUT2D eigenvalue weighted by Crippen LogP contribution is -2.47. The molecule has 1 aromatic carbocycles. The summed E-state index contributed by atoms with van der Waals surface area (Å²) in [7, 11) is 1.87. The van der Waals surface area contributed by atoms with E-state index in [-0.39, 0.29) is 18.5 Å². The summed E-state index contributed by atoms with van der Waals surface area (Å²) in [5.74, 6) is -1.10. The summed E-state index contributed by atoms with van der Waals surface area (Å²) in [6, 6.07) is 5.09. The minimum absolute atomic E-state index is 0.118. The fourth-order valence-corrected chi connectivity index (χ4v) is 3.17. The van der Waals surface area contributed by atoms with Gasteiger partial charge in [0.1, 0.15) is 6.54 Å². The number of amides is 1. The van der Waals surface area contributed by atoms with Crippen molar-refractivity contribution >= 4 is 35.1 Å². The van der Waals surface area contributed by atoms with Gasteiger partial charge in [-0.1, -0.05) is 29.3 Å². The second-order valence-electron chi connectivity index (χ2n) is 5.83. The van der Waals surface area contributed by atoms with Gasteiger partial charge >= 0.3 is 5.97 Å². The average molecular weight is 359 g/mol. The molecular weight excluding hydrogens is 339 g/mol. The monoisotopic (exact) mass is 358 g/mol. The minimum Gasteiger partial charge on any atom is -0.480 e. The van der Waals surface area contributed by atoms with E-state index in [1.54, 1.807) is 12.1 Å². The minimum atomic E-state index is -0.980. The molecule has 0 saturated carbocycles. The number of likely N-dealkylation sites (tertiary alicyclic amines) is 1. The van der Waals surface area contributed by atoms with Crippen molar-refractivity contribution in [1.29, 1.82) is 0 Å². The number of nitrogens with zero attached hydrogens (tertiary/aromatic N) is 2. The molecule has 1 aromatic rings. The molecule has 1 unspecified atom stereocenters. The van der Waals surface area contributed by atoms with Gasteiger partial charge in [0.15, 0.2) is 0 Å². The van der Waals surface area contributed by atoms with Gasteiger partial charge in [-0.25, -0.2) is 0 Å². The number of carboxylic acid groups (broad SMARTS) is 1. The Hall–Kier alpha value is -1.30. The van der Waals surface area contributed by atoms with Crippen LogP contribution in [0.4, 0.5) is 0 Å². The van der Waals surface area contributed by atoms with E-state index in [4.69, 9.17) is 28.3 Å². The predicted octanol–water partition coefficient (Wildman–Crippen LogP) is 2.89. The zero-order valence-electron chi connectivity index (χ0n) is 13.0. The van der Waals surface area contributed by atoms with Crippen LogP contribution in [0.1, 0.15) is 24.8 Å². The number of hydrogen-bond acceptors (Lipinski definition) is 3. The second-order valence-corrected chi connectivity index (χ2v) is 6.64. The molecule has 1 fully saturated rings. The number of rotatable bonds is 5. The maximum atomic E-state index is 12.6. The first kappa shape index (κ1) is 18.0. The Bertz CT molecular complexity index is 595. The van der Waals surface area contributed by atoms with Gasteiger partial charge in [0, 0.05) is 13.1 Å². The first-order valence-corrected chi connectivity index (χ1v) is 8.29. The summed E-state index contributed by atoms with van der Waals surface area (Å²) in [6.45, 7) is 0.812. The maximum absolute atomic E-state index is 12.6. The highest BCUT2D eigenvalue weighted by atomic mass is 35.5. The average Bonchev–Trinajstić information content (AvgIpc) is 2.65. The van der Waals surface area contributed by atoms with Crippen LogP contribution in [-0.2, 0) is 16.1 Å². The van der Waals surface area contributed by atoms with Gasteiger partial charge in [0.25, 0.3) is 0 Å². The van der Waals surface area contributed by atoms with Crippen LogP contribution in [0.3, 0.4) is 0 Å². The number of aliphatic carboxylic acids is 1. The van der Waals surface area contributed by atoms with Gasteiger partial charge in [-0.2, -0.15) is 0 Å². The summed E-state index contributed by atoms with van der Waals surface area (Å²) in [4.78, 5) is 26.9. The fourth-order valence-electron chi connectivity index (χ4n) is 2.85. The van der Waals surface area contributed by atoms with Crippen molar-refractivity contribution in [3.63, 3.8) is 0 Å². The molecule has 1 N–H and O–H groups in total. The van der Waals surface area contributed by atoms with Crippen molar-refractivity contribution in [3.05, 3.63) is 33.8 Å².